The van der Waals surface area contributed by atoms with E-state index in [9.17, 15) is 0 Å². The van der Waals surface area contributed by atoms with Crippen LogP contribution in [0.1, 0.15) is 6.29 Å². The van der Waals surface area contributed by atoms with Crippen molar-refractivity contribution in [3.8, 4) is 0 Å². The van der Waals surface area contributed by atoms with Crippen LogP contribution in [-0.4, -0.2) is 29.3 Å². The lowest BCUT2D eigenvalue weighted by Crippen LogP contribution is -2.27. The van der Waals surface area contributed by atoms with E-state index in [-0.39, 0.29) is 0 Å². The molecule has 98 valence electrons. The zero-order valence-corrected chi connectivity index (χ0v) is 11.6. The van der Waals surface area contributed by atoms with Crippen LogP contribution in [0.5, 0.6) is 0 Å². The van der Waals surface area contributed by atoms with Gasteiger partial charge >= 0.3 is 0 Å². The molecule has 3 aromatic heterocycles. The first-order valence-electron chi connectivity index (χ1n) is 5.22. The lowest BCUT2D eigenvalue weighted by molar-refractivity contribution is 0.284. The maximum Gasteiger partial charge on any atom is 0.238 e. The fourth-order valence-corrected chi connectivity index (χ4v) is 2.12. The molecular formula is C10H7Cl3N6. The van der Waals surface area contributed by atoms with Crippen molar-refractivity contribution < 1.29 is 0 Å². The number of hydrogen-bond donors (Lipinski definition) is 0. The van der Waals surface area contributed by atoms with Crippen molar-refractivity contribution in [1.82, 2.24) is 29.3 Å². The van der Waals surface area contributed by atoms with Crippen LogP contribution in [0, 0.1) is 0 Å². The first kappa shape index (κ1) is 12.5. The molecule has 0 atom stereocenters. The Balaban J connectivity index is 2.10. The van der Waals surface area contributed by atoms with Crippen molar-refractivity contribution in [2.75, 3.05) is 0 Å². The van der Waals surface area contributed by atoms with Crippen LogP contribution in [0.25, 0.3) is 0 Å². The van der Waals surface area contributed by atoms with Gasteiger partial charge in [0.25, 0.3) is 0 Å². The number of halogens is 3. The summed E-state index contributed by atoms with van der Waals surface area (Å²) in [6.45, 7) is 0. The van der Waals surface area contributed by atoms with Crippen LogP contribution >= 0.6 is 34.8 Å². The average molecular weight is 318 g/mol. The predicted molar refractivity (Wildman–Crippen MR) is 71.5 cm³/mol. The molecule has 0 spiro atoms. The van der Waals surface area contributed by atoms with E-state index in [0.29, 0.717) is 15.1 Å². The van der Waals surface area contributed by atoms with E-state index < -0.39 is 6.29 Å². The van der Waals surface area contributed by atoms with Crippen molar-refractivity contribution in [1.29, 1.82) is 0 Å². The van der Waals surface area contributed by atoms with E-state index >= 15 is 0 Å². The molecule has 3 heterocycles. The summed E-state index contributed by atoms with van der Waals surface area (Å²) in [5.74, 6) is 0. The van der Waals surface area contributed by atoms with Crippen molar-refractivity contribution in [3.05, 3.63) is 52.2 Å². The topological polar surface area (TPSA) is 53.5 Å². The van der Waals surface area contributed by atoms with Gasteiger partial charge in [-0.1, -0.05) is 34.8 Å². The van der Waals surface area contributed by atoms with Gasteiger partial charge in [0.15, 0.2) is 0 Å². The Bertz CT molecular complexity index is 604. The van der Waals surface area contributed by atoms with Gasteiger partial charge in [0, 0.05) is 18.6 Å². The van der Waals surface area contributed by atoms with Gasteiger partial charge in [-0.2, -0.15) is 15.3 Å². The summed E-state index contributed by atoms with van der Waals surface area (Å²) in [6, 6.07) is 0. The molecule has 0 radical (unpaired) electrons. The second-order valence-corrected chi connectivity index (χ2v) is 5.07. The van der Waals surface area contributed by atoms with Gasteiger partial charge in [-0.05, 0) is 0 Å². The van der Waals surface area contributed by atoms with Crippen LogP contribution in [0.3, 0.4) is 0 Å². The molecule has 6 nitrogen and oxygen atoms in total. The lowest BCUT2D eigenvalue weighted by atomic mass is 10.6. The molecule has 3 aromatic rings. The molecule has 19 heavy (non-hydrogen) atoms. The van der Waals surface area contributed by atoms with Gasteiger partial charge in [-0.3, -0.25) is 0 Å². The Kier molecular flexibility index (Phi) is 3.22. The Morgan fingerprint density at radius 3 is 1.21 bits per heavy atom. The fourth-order valence-electron chi connectivity index (χ4n) is 1.69. The Morgan fingerprint density at radius 1 is 0.684 bits per heavy atom. The van der Waals surface area contributed by atoms with E-state index in [1.165, 1.54) is 18.6 Å². The van der Waals surface area contributed by atoms with E-state index in [1.54, 1.807) is 32.6 Å². The maximum absolute atomic E-state index is 5.90. The van der Waals surface area contributed by atoms with E-state index in [4.69, 9.17) is 34.8 Å². The molecule has 0 aliphatic heterocycles. The van der Waals surface area contributed by atoms with Gasteiger partial charge in [0.1, 0.15) is 0 Å². The van der Waals surface area contributed by atoms with Crippen molar-refractivity contribution in [2.24, 2.45) is 0 Å². The molecule has 0 aliphatic carbocycles. The zero-order chi connectivity index (χ0) is 13.4. The van der Waals surface area contributed by atoms with E-state index in [1.807, 2.05) is 0 Å². The number of rotatable bonds is 3. The minimum atomic E-state index is -0.465. The molecule has 0 saturated heterocycles. The summed E-state index contributed by atoms with van der Waals surface area (Å²) in [6.07, 6.45) is 9.12. The Hall–Kier alpha value is -1.50. The molecule has 0 aliphatic rings. The lowest BCUT2D eigenvalue weighted by Gasteiger charge is -2.18. The van der Waals surface area contributed by atoms with Gasteiger partial charge < -0.3 is 0 Å². The monoisotopic (exact) mass is 316 g/mol. The molecule has 3 rings (SSSR count). The third-order valence-corrected chi connectivity index (χ3v) is 3.01. The Morgan fingerprint density at radius 2 is 1.00 bits per heavy atom. The van der Waals surface area contributed by atoms with Gasteiger partial charge in [0.2, 0.25) is 6.29 Å². The van der Waals surface area contributed by atoms with Crippen molar-refractivity contribution in [3.63, 3.8) is 0 Å². The minimum absolute atomic E-state index is 0.465. The predicted octanol–water partition coefficient (Wildman–Crippen LogP) is 2.79. The quantitative estimate of drug-likeness (QED) is 0.746. The van der Waals surface area contributed by atoms with E-state index in [2.05, 4.69) is 15.3 Å². The molecule has 0 amide bonds. The van der Waals surface area contributed by atoms with Gasteiger partial charge in [-0.25, -0.2) is 14.0 Å². The average Bonchev–Trinajstić information content (AvgIpc) is 3.05. The standard InChI is InChI=1S/C10H7Cl3N6/c11-7-1-14-17(4-7)10(18-5-8(12)2-15-18)19-6-9(13)3-16-19/h1-6,10H. The summed E-state index contributed by atoms with van der Waals surface area (Å²) in [4.78, 5) is 0. The molecule has 0 fully saturated rings. The van der Waals surface area contributed by atoms with Crippen molar-refractivity contribution in [2.45, 2.75) is 6.29 Å². The van der Waals surface area contributed by atoms with Crippen LogP contribution < -0.4 is 0 Å². The van der Waals surface area contributed by atoms with Gasteiger partial charge in [0.05, 0.1) is 33.7 Å². The fraction of sp³-hybridized carbons (Fsp3) is 0.100. The van der Waals surface area contributed by atoms with Crippen LogP contribution in [0.15, 0.2) is 37.2 Å². The van der Waals surface area contributed by atoms with E-state index in [0.717, 1.165) is 0 Å². The summed E-state index contributed by atoms with van der Waals surface area (Å²) >= 11 is 17.7. The number of aromatic nitrogens is 6. The number of hydrogen-bond acceptors (Lipinski definition) is 3. The molecular weight excluding hydrogens is 311 g/mol. The first-order valence-corrected chi connectivity index (χ1v) is 6.36. The minimum Gasteiger partial charge on any atom is -0.226 e. The second kappa shape index (κ2) is 4.88. The Labute approximate surface area is 123 Å². The third kappa shape index (κ3) is 2.47. The van der Waals surface area contributed by atoms with Gasteiger partial charge in [-0.15, -0.1) is 0 Å². The summed E-state index contributed by atoms with van der Waals surface area (Å²) in [5.41, 5.74) is 0. The molecule has 0 N–H and O–H groups in total. The molecule has 0 unspecified atom stereocenters. The van der Waals surface area contributed by atoms with Crippen LogP contribution in [0.4, 0.5) is 0 Å². The number of nitrogens with zero attached hydrogens (tertiary/aromatic N) is 6. The molecule has 0 saturated carbocycles. The van der Waals surface area contributed by atoms with Crippen molar-refractivity contribution >= 4 is 34.8 Å². The highest BCUT2D eigenvalue weighted by Gasteiger charge is 2.18. The summed E-state index contributed by atoms with van der Waals surface area (Å²) in [5, 5.41) is 14.0. The van der Waals surface area contributed by atoms with Crippen LogP contribution in [-0.2, 0) is 0 Å². The highest BCUT2D eigenvalue weighted by Crippen LogP contribution is 2.18. The normalized spacial score (nSPS) is 11.4. The second-order valence-electron chi connectivity index (χ2n) is 3.76. The molecule has 9 heteroatoms. The SMILES string of the molecule is Clc1cnn(C(n2cc(Cl)cn2)n2cc(Cl)cn2)c1. The highest BCUT2D eigenvalue weighted by atomic mass is 35.5. The zero-order valence-electron chi connectivity index (χ0n) is 9.36. The molecule has 0 aromatic carbocycles. The van der Waals surface area contributed by atoms with Crippen LogP contribution in [0.2, 0.25) is 15.1 Å². The summed E-state index contributed by atoms with van der Waals surface area (Å²) < 4.78 is 4.82. The maximum atomic E-state index is 5.90. The smallest absolute Gasteiger partial charge is 0.226 e. The highest BCUT2D eigenvalue weighted by molar-refractivity contribution is 6.30. The first-order chi connectivity index (χ1) is 9.13. The molecule has 0 bridgehead atoms. The largest absolute Gasteiger partial charge is 0.238 e. The third-order valence-electron chi connectivity index (χ3n) is 2.42. The summed E-state index contributed by atoms with van der Waals surface area (Å²) in [7, 11) is 0.